The Bertz CT molecular complexity index is 716. The number of Topliss-reactive ketones (excluding diaryl/α,β-unsaturated/α-hetero) is 1. The highest BCUT2D eigenvalue weighted by atomic mass is 32.1. The molecule has 0 spiro atoms. The van der Waals surface area contributed by atoms with E-state index in [9.17, 15) is 4.79 Å². The monoisotopic (exact) mass is 314 g/mol. The van der Waals surface area contributed by atoms with Gasteiger partial charge in [-0.2, -0.15) is 5.10 Å². The molecule has 2 rings (SSSR count). The van der Waals surface area contributed by atoms with Gasteiger partial charge in [-0.3, -0.25) is 10.2 Å². The van der Waals surface area contributed by atoms with Crippen LogP contribution in [0.3, 0.4) is 0 Å². The number of hydrazone groups is 1. The molecule has 0 bridgehead atoms. The van der Waals surface area contributed by atoms with Gasteiger partial charge in [0.1, 0.15) is 0 Å². The Labute approximate surface area is 134 Å². The van der Waals surface area contributed by atoms with Crippen LogP contribution in [0.2, 0.25) is 0 Å². The molecule has 0 fully saturated rings. The summed E-state index contributed by atoms with van der Waals surface area (Å²) in [5.74, 6) is 0.0258. The third-order valence-electron chi connectivity index (χ3n) is 3.09. The minimum Gasteiger partial charge on any atom is -0.357 e. The molecule has 0 aliphatic heterocycles. The lowest BCUT2D eigenvalue weighted by Crippen LogP contribution is -2.23. The van der Waals surface area contributed by atoms with Crippen LogP contribution in [0, 0.1) is 13.8 Å². The number of hydrogen-bond acceptors (Lipinski definition) is 3. The molecule has 0 saturated carbocycles. The summed E-state index contributed by atoms with van der Waals surface area (Å²) in [6.45, 7) is 5.42. The number of carbonyl (C=O) groups is 1. The fourth-order valence-corrected chi connectivity index (χ4v) is 2.15. The molecular weight excluding hydrogens is 296 g/mol. The van der Waals surface area contributed by atoms with Gasteiger partial charge in [0, 0.05) is 16.9 Å². The second-order valence-corrected chi connectivity index (χ2v) is 5.42. The van der Waals surface area contributed by atoms with Crippen molar-refractivity contribution in [3.8, 4) is 0 Å². The average Bonchev–Trinajstić information content (AvgIpc) is 2.83. The van der Waals surface area contributed by atoms with Crippen LogP contribution in [-0.2, 0) is 0 Å². The first kappa shape index (κ1) is 15.9. The molecule has 6 heteroatoms. The highest BCUT2D eigenvalue weighted by Gasteiger charge is 2.06. The van der Waals surface area contributed by atoms with Crippen LogP contribution in [0.15, 0.2) is 35.4 Å². The largest absolute Gasteiger partial charge is 0.357 e. The van der Waals surface area contributed by atoms with Crippen LogP contribution < -0.4 is 10.7 Å². The molecule has 0 amide bonds. The van der Waals surface area contributed by atoms with Crippen molar-refractivity contribution in [3.63, 3.8) is 0 Å². The van der Waals surface area contributed by atoms with Gasteiger partial charge in [-0.25, -0.2) is 0 Å². The number of aryl methyl sites for hydroxylation is 2. The maximum absolute atomic E-state index is 11.4. The zero-order chi connectivity index (χ0) is 16.1. The van der Waals surface area contributed by atoms with E-state index in [1.54, 1.807) is 12.3 Å². The second-order valence-electron chi connectivity index (χ2n) is 5.01. The van der Waals surface area contributed by atoms with Crippen molar-refractivity contribution in [1.82, 2.24) is 10.4 Å². The number of benzene rings is 1. The first-order valence-corrected chi connectivity index (χ1v) is 7.24. The molecule has 114 valence electrons. The smallest absolute Gasteiger partial charge is 0.191 e. The van der Waals surface area contributed by atoms with Crippen molar-refractivity contribution < 1.29 is 4.79 Å². The minimum absolute atomic E-state index is 0.0258. The average molecular weight is 314 g/mol. The number of H-pyrrole nitrogens is 1. The van der Waals surface area contributed by atoms with Crippen molar-refractivity contribution in [2.75, 3.05) is 5.32 Å². The Hall–Kier alpha value is -2.47. The molecule has 0 saturated heterocycles. The number of nitrogens with zero attached hydrogens (tertiary/aromatic N) is 1. The highest BCUT2D eigenvalue weighted by molar-refractivity contribution is 7.80. The molecule has 0 aliphatic carbocycles. The Morgan fingerprint density at radius 3 is 2.55 bits per heavy atom. The van der Waals surface area contributed by atoms with Crippen molar-refractivity contribution in [3.05, 3.63) is 52.8 Å². The van der Waals surface area contributed by atoms with E-state index in [0.29, 0.717) is 10.7 Å². The topological polar surface area (TPSA) is 69.3 Å². The zero-order valence-corrected chi connectivity index (χ0v) is 13.5. The van der Waals surface area contributed by atoms with E-state index in [1.165, 1.54) is 12.5 Å². The van der Waals surface area contributed by atoms with Crippen molar-refractivity contribution in [2.24, 2.45) is 5.10 Å². The Morgan fingerprint density at radius 1 is 1.27 bits per heavy atom. The third kappa shape index (κ3) is 4.26. The van der Waals surface area contributed by atoms with Gasteiger partial charge >= 0.3 is 0 Å². The van der Waals surface area contributed by atoms with Gasteiger partial charge in [-0.1, -0.05) is 17.7 Å². The van der Waals surface area contributed by atoms with Gasteiger partial charge in [0.05, 0.1) is 11.9 Å². The number of thiocarbonyl (C=S) groups is 1. The van der Waals surface area contributed by atoms with E-state index in [-0.39, 0.29) is 5.78 Å². The van der Waals surface area contributed by atoms with Crippen molar-refractivity contribution in [1.29, 1.82) is 0 Å². The first-order valence-electron chi connectivity index (χ1n) is 6.83. The Morgan fingerprint density at radius 2 is 1.95 bits per heavy atom. The van der Waals surface area contributed by atoms with Crippen LogP contribution in [-0.4, -0.2) is 22.1 Å². The lowest BCUT2D eigenvalue weighted by atomic mass is 10.2. The standard InChI is InChI=1S/C16H18N4OS/c1-10-4-6-13(7-5-10)19-16(22)20-17-9-14-8-15(12(3)21)11(2)18-14/h4-9,18H,1-3H3,(H2,19,20,22)/b17-9+. The summed E-state index contributed by atoms with van der Waals surface area (Å²) >= 11 is 5.16. The van der Waals surface area contributed by atoms with Gasteiger partial charge in [-0.15, -0.1) is 0 Å². The molecule has 2 aromatic rings. The van der Waals surface area contributed by atoms with E-state index in [2.05, 4.69) is 20.8 Å². The quantitative estimate of drug-likeness (QED) is 0.351. The van der Waals surface area contributed by atoms with Gasteiger partial charge in [0.15, 0.2) is 10.9 Å². The number of rotatable bonds is 4. The minimum atomic E-state index is 0.0258. The summed E-state index contributed by atoms with van der Waals surface area (Å²) in [5, 5.41) is 7.48. The van der Waals surface area contributed by atoms with Crippen LogP contribution in [0.5, 0.6) is 0 Å². The van der Waals surface area contributed by atoms with Crippen LogP contribution >= 0.6 is 12.2 Å². The summed E-state index contributed by atoms with van der Waals surface area (Å²) < 4.78 is 0. The number of nitrogens with one attached hydrogen (secondary N) is 3. The Kier molecular flexibility index (Phi) is 5.06. The third-order valence-corrected chi connectivity index (χ3v) is 3.29. The molecular formula is C16H18N4OS. The number of ketones is 1. The summed E-state index contributed by atoms with van der Waals surface area (Å²) in [6, 6.07) is 9.65. The molecule has 0 atom stereocenters. The maximum atomic E-state index is 11.4. The molecule has 1 aromatic carbocycles. The van der Waals surface area contributed by atoms with Crippen LogP contribution in [0.1, 0.15) is 34.2 Å². The predicted octanol–water partition coefficient (Wildman–Crippen LogP) is 3.15. The van der Waals surface area contributed by atoms with Gasteiger partial charge in [0.25, 0.3) is 0 Å². The molecule has 0 unspecified atom stereocenters. The molecule has 0 radical (unpaired) electrons. The number of hydrogen-bond donors (Lipinski definition) is 3. The van der Waals surface area contributed by atoms with E-state index in [0.717, 1.165) is 17.1 Å². The van der Waals surface area contributed by atoms with Crippen LogP contribution in [0.4, 0.5) is 5.69 Å². The van der Waals surface area contributed by atoms with E-state index >= 15 is 0 Å². The lowest BCUT2D eigenvalue weighted by Gasteiger charge is -2.06. The number of aromatic amines is 1. The van der Waals surface area contributed by atoms with E-state index in [4.69, 9.17) is 12.2 Å². The molecule has 1 heterocycles. The molecule has 22 heavy (non-hydrogen) atoms. The SMILES string of the molecule is CC(=O)c1cc(/C=N/NC(=S)Nc2ccc(C)cc2)[nH]c1C. The summed E-state index contributed by atoms with van der Waals surface area (Å²) in [4.78, 5) is 14.5. The molecule has 0 aliphatic rings. The molecule has 1 aromatic heterocycles. The Balaban J connectivity index is 1.91. The van der Waals surface area contributed by atoms with Crippen molar-refractivity contribution >= 4 is 35.0 Å². The summed E-state index contributed by atoms with van der Waals surface area (Å²) in [7, 11) is 0. The van der Waals surface area contributed by atoms with Crippen molar-refractivity contribution in [2.45, 2.75) is 20.8 Å². The second kappa shape index (κ2) is 7.00. The van der Waals surface area contributed by atoms with Gasteiger partial charge < -0.3 is 10.3 Å². The fraction of sp³-hybridized carbons (Fsp3) is 0.188. The van der Waals surface area contributed by atoms with E-state index in [1.807, 2.05) is 38.1 Å². The number of carbonyl (C=O) groups excluding carboxylic acids is 1. The first-order chi connectivity index (χ1) is 10.5. The normalized spacial score (nSPS) is 10.7. The maximum Gasteiger partial charge on any atom is 0.191 e. The summed E-state index contributed by atoms with van der Waals surface area (Å²) in [6.07, 6.45) is 1.59. The van der Waals surface area contributed by atoms with Gasteiger partial charge in [-0.05, 0) is 51.2 Å². The number of anilines is 1. The molecule has 5 nitrogen and oxygen atoms in total. The number of aromatic nitrogens is 1. The highest BCUT2D eigenvalue weighted by Crippen LogP contribution is 2.09. The fourth-order valence-electron chi connectivity index (χ4n) is 1.98. The predicted molar refractivity (Wildman–Crippen MR) is 93.7 cm³/mol. The van der Waals surface area contributed by atoms with Gasteiger partial charge in [0.2, 0.25) is 0 Å². The molecule has 3 N–H and O–H groups in total. The lowest BCUT2D eigenvalue weighted by molar-refractivity contribution is 0.101. The summed E-state index contributed by atoms with van der Waals surface area (Å²) in [5.41, 5.74) is 7.06. The van der Waals surface area contributed by atoms with E-state index < -0.39 is 0 Å². The zero-order valence-electron chi connectivity index (χ0n) is 12.7. The van der Waals surface area contributed by atoms with Crippen LogP contribution in [0.25, 0.3) is 0 Å².